The van der Waals surface area contributed by atoms with Crippen molar-refractivity contribution in [1.29, 1.82) is 0 Å². The van der Waals surface area contributed by atoms with E-state index in [0.717, 1.165) is 5.69 Å². The number of carbonyl (C=O) groups excluding carboxylic acids is 1. The fraction of sp³-hybridized carbons (Fsp3) is 0.185. The van der Waals surface area contributed by atoms with E-state index in [1.54, 1.807) is 46.8 Å². The number of fused-ring (bicyclic) bond motifs is 2. The van der Waals surface area contributed by atoms with Gasteiger partial charge in [-0.2, -0.15) is 5.10 Å². The highest BCUT2D eigenvalue weighted by Crippen LogP contribution is 2.33. The van der Waals surface area contributed by atoms with Crippen molar-refractivity contribution >= 4 is 34.1 Å². The van der Waals surface area contributed by atoms with E-state index in [1.807, 2.05) is 12.1 Å². The predicted octanol–water partition coefficient (Wildman–Crippen LogP) is 4.24. The first kappa shape index (κ1) is 23.5. The van der Waals surface area contributed by atoms with Crippen molar-refractivity contribution in [3.05, 3.63) is 85.0 Å². The lowest BCUT2D eigenvalue weighted by Gasteiger charge is -2.38. The summed E-state index contributed by atoms with van der Waals surface area (Å²) in [5, 5.41) is 7.14. The van der Waals surface area contributed by atoms with Crippen LogP contribution in [0.4, 0.5) is 15.9 Å². The number of hydrogen-bond donors (Lipinski definition) is 1. The molecule has 1 fully saturated rings. The van der Waals surface area contributed by atoms with Crippen LogP contribution in [0, 0.1) is 18.7 Å². The van der Waals surface area contributed by atoms with Gasteiger partial charge < -0.3 is 15.0 Å². The number of halogens is 1. The molecular weight excluding hydrogens is 487 g/mol. The lowest BCUT2D eigenvalue weighted by molar-refractivity contribution is -0.132. The number of nitrogens with one attached hydrogen (secondary N) is 1. The maximum Gasteiger partial charge on any atom is 0.245 e. The Morgan fingerprint density at radius 1 is 1.18 bits per heavy atom. The molecule has 1 aliphatic heterocycles. The lowest BCUT2D eigenvalue weighted by atomic mass is 9.94. The average Bonchev–Trinajstić information content (AvgIpc) is 3.38. The Hall–Kier alpha value is -4.93. The van der Waals surface area contributed by atoms with Gasteiger partial charge in [0.2, 0.25) is 5.91 Å². The van der Waals surface area contributed by atoms with E-state index >= 15 is 4.39 Å². The van der Waals surface area contributed by atoms with Crippen LogP contribution in [0.25, 0.3) is 16.7 Å². The minimum atomic E-state index is -0.463. The van der Waals surface area contributed by atoms with Crippen LogP contribution in [0.5, 0.6) is 11.5 Å². The first-order chi connectivity index (χ1) is 18.5. The third kappa shape index (κ3) is 4.38. The number of amides is 1. The second kappa shape index (κ2) is 9.51. The summed E-state index contributed by atoms with van der Waals surface area (Å²) in [6.07, 6.45) is 6.64. The highest BCUT2D eigenvalue weighted by molar-refractivity contribution is 5.88. The second-order valence-electron chi connectivity index (χ2n) is 9.11. The third-order valence-electron chi connectivity index (χ3n) is 6.55. The van der Waals surface area contributed by atoms with Crippen LogP contribution >= 0.6 is 0 Å². The third-order valence-corrected chi connectivity index (χ3v) is 6.55. The SMILES string of the molecule is C=CC(=O)N1CC(Cc2ccc3ncnc(Nc4ccc(Oc5ccn6ncnc6c5)c(C)c4F)c3n2)C1. The molecule has 0 unspecified atom stereocenters. The van der Waals surface area contributed by atoms with Gasteiger partial charge in [-0.3, -0.25) is 4.79 Å². The molecule has 0 spiro atoms. The van der Waals surface area contributed by atoms with E-state index in [2.05, 4.69) is 31.9 Å². The van der Waals surface area contributed by atoms with E-state index in [1.165, 1.54) is 18.7 Å². The minimum absolute atomic E-state index is 0.0577. The summed E-state index contributed by atoms with van der Waals surface area (Å²) in [5.74, 6) is 1.11. The van der Waals surface area contributed by atoms with Gasteiger partial charge in [0.05, 0.1) is 11.2 Å². The number of nitrogens with zero attached hydrogens (tertiary/aromatic N) is 7. The Kier molecular flexibility index (Phi) is 5.87. The number of likely N-dealkylation sites (tertiary alicyclic amines) is 1. The van der Waals surface area contributed by atoms with Gasteiger partial charge in [-0.1, -0.05) is 6.58 Å². The Morgan fingerprint density at radius 2 is 2.05 bits per heavy atom. The Bertz CT molecular complexity index is 1700. The minimum Gasteiger partial charge on any atom is -0.457 e. The molecule has 190 valence electrons. The summed E-state index contributed by atoms with van der Waals surface area (Å²) < 4.78 is 23.0. The smallest absolute Gasteiger partial charge is 0.245 e. The molecule has 10 nitrogen and oxygen atoms in total. The second-order valence-corrected chi connectivity index (χ2v) is 9.11. The molecule has 4 aromatic heterocycles. The number of aromatic nitrogens is 6. The maximum absolute atomic E-state index is 15.4. The van der Waals surface area contributed by atoms with Crippen LogP contribution in [0.1, 0.15) is 11.3 Å². The van der Waals surface area contributed by atoms with Gasteiger partial charge in [-0.15, -0.1) is 0 Å². The van der Waals surface area contributed by atoms with Crippen molar-refractivity contribution in [2.24, 2.45) is 5.92 Å². The number of rotatable bonds is 7. The first-order valence-corrected chi connectivity index (χ1v) is 12.0. The molecule has 0 aliphatic carbocycles. The largest absolute Gasteiger partial charge is 0.457 e. The summed E-state index contributed by atoms with van der Waals surface area (Å²) in [4.78, 5) is 31.0. The van der Waals surface area contributed by atoms with Gasteiger partial charge in [-0.25, -0.2) is 28.8 Å². The van der Waals surface area contributed by atoms with E-state index in [9.17, 15) is 4.79 Å². The molecule has 0 radical (unpaired) electrons. The number of anilines is 2. The number of pyridine rings is 2. The van der Waals surface area contributed by atoms with Gasteiger partial charge in [0.25, 0.3) is 0 Å². The molecule has 6 rings (SSSR count). The molecule has 0 saturated carbocycles. The van der Waals surface area contributed by atoms with Gasteiger partial charge >= 0.3 is 0 Å². The Labute approximate surface area is 216 Å². The normalized spacial score (nSPS) is 13.5. The molecule has 1 amide bonds. The van der Waals surface area contributed by atoms with Crippen LogP contribution in [-0.2, 0) is 11.2 Å². The fourth-order valence-corrected chi connectivity index (χ4v) is 4.48. The standard InChI is InChI=1S/C27H23FN8O2/c1-3-24(37)35-12-17(13-35)10-18-4-5-21-26(33-18)27(31-14-29-21)34-20-6-7-22(16(2)25(20)28)38-19-8-9-36-23(11-19)30-15-32-36/h3-9,11,14-15,17H,1,10,12-13H2,2H3,(H,29,31,34). The molecule has 0 bridgehead atoms. The van der Waals surface area contributed by atoms with Crippen LogP contribution in [-0.4, -0.2) is 53.4 Å². The van der Waals surface area contributed by atoms with Crippen molar-refractivity contribution < 1.29 is 13.9 Å². The van der Waals surface area contributed by atoms with E-state index in [-0.39, 0.29) is 11.6 Å². The summed E-state index contributed by atoms with van der Waals surface area (Å²) in [6, 6.07) is 10.6. The van der Waals surface area contributed by atoms with E-state index in [0.29, 0.717) is 65.0 Å². The highest BCUT2D eigenvalue weighted by atomic mass is 19.1. The molecule has 1 aromatic carbocycles. The highest BCUT2D eigenvalue weighted by Gasteiger charge is 2.29. The maximum atomic E-state index is 15.4. The Balaban J connectivity index is 1.22. The number of carbonyl (C=O) groups is 1. The van der Waals surface area contributed by atoms with E-state index in [4.69, 9.17) is 9.72 Å². The zero-order valence-corrected chi connectivity index (χ0v) is 20.5. The van der Waals surface area contributed by atoms with Gasteiger partial charge in [0.15, 0.2) is 17.3 Å². The van der Waals surface area contributed by atoms with Gasteiger partial charge in [0.1, 0.15) is 29.7 Å². The summed E-state index contributed by atoms with van der Waals surface area (Å²) >= 11 is 0. The zero-order chi connectivity index (χ0) is 26.2. The molecule has 1 N–H and O–H groups in total. The van der Waals surface area contributed by atoms with Crippen LogP contribution < -0.4 is 10.1 Å². The molecule has 38 heavy (non-hydrogen) atoms. The summed E-state index contributed by atoms with van der Waals surface area (Å²) in [5.41, 5.74) is 3.25. The first-order valence-electron chi connectivity index (χ1n) is 12.0. The predicted molar refractivity (Wildman–Crippen MR) is 139 cm³/mol. The number of benzene rings is 1. The van der Waals surface area contributed by atoms with Crippen LogP contribution in [0.2, 0.25) is 0 Å². The zero-order valence-electron chi connectivity index (χ0n) is 20.5. The van der Waals surface area contributed by atoms with Crippen molar-refractivity contribution in [3.63, 3.8) is 0 Å². The molecule has 0 atom stereocenters. The topological polar surface area (TPSA) is 110 Å². The molecular formula is C27H23FN8O2. The van der Waals surface area contributed by atoms with Crippen molar-refractivity contribution in [1.82, 2.24) is 34.4 Å². The molecule has 5 aromatic rings. The van der Waals surface area contributed by atoms with Crippen molar-refractivity contribution in [2.45, 2.75) is 13.3 Å². The van der Waals surface area contributed by atoms with Crippen molar-refractivity contribution in [3.8, 4) is 11.5 Å². The average molecular weight is 511 g/mol. The van der Waals surface area contributed by atoms with E-state index < -0.39 is 5.82 Å². The van der Waals surface area contributed by atoms with Crippen molar-refractivity contribution in [2.75, 3.05) is 18.4 Å². The number of ether oxygens (including phenoxy) is 1. The van der Waals surface area contributed by atoms with Gasteiger partial charge in [0, 0.05) is 36.6 Å². The lowest BCUT2D eigenvalue weighted by Crippen LogP contribution is -2.50. The molecule has 5 heterocycles. The monoisotopic (exact) mass is 510 g/mol. The fourth-order valence-electron chi connectivity index (χ4n) is 4.48. The number of hydrogen-bond acceptors (Lipinski definition) is 8. The quantitative estimate of drug-likeness (QED) is 0.324. The summed E-state index contributed by atoms with van der Waals surface area (Å²) in [6.45, 7) is 6.53. The molecule has 11 heteroatoms. The Morgan fingerprint density at radius 3 is 2.89 bits per heavy atom. The van der Waals surface area contributed by atoms with Crippen LogP contribution in [0.3, 0.4) is 0 Å². The molecule has 1 saturated heterocycles. The summed E-state index contributed by atoms with van der Waals surface area (Å²) in [7, 11) is 0. The van der Waals surface area contributed by atoms with Crippen LogP contribution in [0.15, 0.2) is 67.9 Å². The van der Waals surface area contributed by atoms with Gasteiger partial charge in [-0.05, 0) is 55.7 Å². The molecule has 1 aliphatic rings.